The Morgan fingerprint density at radius 3 is 2.13 bits per heavy atom. The van der Waals surface area contributed by atoms with Crippen LogP contribution in [0.15, 0.2) is 54.6 Å². The van der Waals surface area contributed by atoms with Gasteiger partial charge in [0.15, 0.2) is 0 Å². The van der Waals surface area contributed by atoms with Gasteiger partial charge in [-0.25, -0.2) is 0 Å². The Bertz CT molecular complexity index is 950. The predicted molar refractivity (Wildman–Crippen MR) is 110 cm³/mol. The molecule has 0 atom stereocenters. The van der Waals surface area contributed by atoms with Gasteiger partial charge in [0.2, 0.25) is 11.8 Å². The van der Waals surface area contributed by atoms with Gasteiger partial charge in [0.05, 0.1) is 23.2 Å². The van der Waals surface area contributed by atoms with Gasteiger partial charge in [-0.2, -0.15) is 13.2 Å². The Hall–Kier alpha value is -2.87. The fourth-order valence-electron chi connectivity index (χ4n) is 4.15. The van der Waals surface area contributed by atoms with Gasteiger partial charge < -0.3 is 10.2 Å². The molecule has 31 heavy (non-hydrogen) atoms. The topological polar surface area (TPSA) is 52.7 Å². The minimum absolute atomic E-state index is 0.0158. The highest BCUT2D eigenvalue weighted by atomic mass is 19.4. The molecule has 4 rings (SSSR count). The average molecular weight is 431 g/mol. The van der Waals surface area contributed by atoms with Gasteiger partial charge in [0, 0.05) is 26.2 Å². The lowest BCUT2D eigenvalue weighted by Gasteiger charge is -2.36. The van der Waals surface area contributed by atoms with Crippen LogP contribution in [0.2, 0.25) is 0 Å². The Morgan fingerprint density at radius 2 is 1.52 bits per heavy atom. The molecule has 2 aromatic carbocycles. The van der Waals surface area contributed by atoms with E-state index in [9.17, 15) is 22.8 Å². The van der Waals surface area contributed by atoms with E-state index in [1.165, 1.54) is 18.2 Å². The summed E-state index contributed by atoms with van der Waals surface area (Å²) in [6.45, 7) is 1.99. The van der Waals surface area contributed by atoms with E-state index in [0.29, 0.717) is 26.2 Å². The number of nitrogens with one attached hydrogen (secondary N) is 1. The molecule has 0 radical (unpaired) electrons. The van der Waals surface area contributed by atoms with Crippen molar-refractivity contribution in [2.45, 2.75) is 24.4 Å². The number of hydrogen-bond acceptors (Lipinski definition) is 3. The maximum absolute atomic E-state index is 13.1. The van der Waals surface area contributed by atoms with Gasteiger partial charge >= 0.3 is 6.18 Å². The standard InChI is InChI=1S/C23H24F3N3O2/c24-23(25,26)18-8-4-5-9-19(18)27-20(30)16-28-12-14-29(15-13-28)21(31)22(10-11-22)17-6-2-1-3-7-17/h1-9H,10-16H2,(H,27,30). The molecule has 0 unspecified atom stereocenters. The van der Waals surface area contributed by atoms with Gasteiger partial charge in [-0.05, 0) is 30.5 Å². The van der Waals surface area contributed by atoms with E-state index in [0.717, 1.165) is 24.5 Å². The van der Waals surface area contributed by atoms with E-state index in [2.05, 4.69) is 5.32 Å². The zero-order valence-electron chi connectivity index (χ0n) is 17.0. The normalized spacial score (nSPS) is 18.5. The summed E-state index contributed by atoms with van der Waals surface area (Å²) in [6.07, 6.45) is -2.85. The second-order valence-electron chi connectivity index (χ2n) is 8.11. The Kier molecular flexibility index (Phi) is 5.75. The van der Waals surface area contributed by atoms with Crippen LogP contribution in [0, 0.1) is 0 Å². The lowest BCUT2D eigenvalue weighted by Crippen LogP contribution is -2.52. The van der Waals surface area contributed by atoms with Crippen molar-refractivity contribution in [2.24, 2.45) is 0 Å². The molecule has 1 aliphatic carbocycles. The molecular weight excluding hydrogens is 407 g/mol. The molecule has 164 valence electrons. The summed E-state index contributed by atoms with van der Waals surface area (Å²) in [7, 11) is 0. The average Bonchev–Trinajstić information content (AvgIpc) is 3.56. The number of carbonyl (C=O) groups is 2. The van der Waals surface area contributed by atoms with Crippen LogP contribution in [0.1, 0.15) is 24.0 Å². The molecule has 2 aliphatic rings. The first kappa shape index (κ1) is 21.4. The van der Waals surface area contributed by atoms with E-state index < -0.39 is 23.1 Å². The summed E-state index contributed by atoms with van der Waals surface area (Å²) < 4.78 is 39.3. The summed E-state index contributed by atoms with van der Waals surface area (Å²) >= 11 is 0. The number of carbonyl (C=O) groups excluding carboxylic acids is 2. The second-order valence-corrected chi connectivity index (χ2v) is 8.11. The molecule has 1 N–H and O–H groups in total. The lowest BCUT2D eigenvalue weighted by atomic mass is 9.94. The zero-order valence-corrected chi connectivity index (χ0v) is 17.0. The number of halogens is 3. The third kappa shape index (κ3) is 4.58. The molecule has 5 nitrogen and oxygen atoms in total. The summed E-state index contributed by atoms with van der Waals surface area (Å²) in [5.41, 5.74) is -0.478. The van der Waals surface area contributed by atoms with Gasteiger partial charge in [-0.1, -0.05) is 42.5 Å². The van der Waals surface area contributed by atoms with E-state index >= 15 is 0 Å². The number of hydrogen-bond donors (Lipinski definition) is 1. The molecule has 2 amide bonds. The first-order valence-corrected chi connectivity index (χ1v) is 10.3. The van der Waals surface area contributed by atoms with Gasteiger partial charge in [0.25, 0.3) is 0 Å². The summed E-state index contributed by atoms with van der Waals surface area (Å²) in [6, 6.07) is 14.7. The minimum atomic E-state index is -4.53. The van der Waals surface area contributed by atoms with Crippen molar-refractivity contribution in [3.8, 4) is 0 Å². The minimum Gasteiger partial charge on any atom is -0.339 e. The van der Waals surface area contributed by atoms with Crippen molar-refractivity contribution >= 4 is 17.5 Å². The van der Waals surface area contributed by atoms with E-state index in [1.807, 2.05) is 40.1 Å². The molecule has 1 saturated carbocycles. The number of rotatable bonds is 5. The Morgan fingerprint density at radius 1 is 0.903 bits per heavy atom. The summed E-state index contributed by atoms with van der Waals surface area (Å²) in [4.78, 5) is 29.1. The number of anilines is 1. The van der Waals surface area contributed by atoms with Crippen LogP contribution in [0.5, 0.6) is 0 Å². The smallest absolute Gasteiger partial charge is 0.339 e. The number of amides is 2. The molecule has 2 aromatic rings. The molecule has 1 heterocycles. The highest BCUT2D eigenvalue weighted by Gasteiger charge is 2.53. The van der Waals surface area contributed by atoms with Gasteiger partial charge in [0.1, 0.15) is 0 Å². The molecule has 1 aliphatic heterocycles. The molecule has 0 aromatic heterocycles. The van der Waals surface area contributed by atoms with E-state index in [4.69, 9.17) is 0 Å². The number of piperazine rings is 1. The SMILES string of the molecule is O=C(CN1CCN(C(=O)C2(c3ccccc3)CC2)CC1)Nc1ccccc1C(F)(F)F. The van der Waals surface area contributed by atoms with Crippen molar-refractivity contribution in [3.05, 3.63) is 65.7 Å². The van der Waals surface area contributed by atoms with E-state index in [-0.39, 0.29) is 18.1 Å². The van der Waals surface area contributed by atoms with Crippen molar-refractivity contribution in [3.63, 3.8) is 0 Å². The summed E-state index contributed by atoms with van der Waals surface area (Å²) in [5.74, 6) is -0.374. The molecular formula is C23H24F3N3O2. The third-order valence-electron chi connectivity index (χ3n) is 6.02. The quantitative estimate of drug-likeness (QED) is 0.788. The lowest BCUT2D eigenvalue weighted by molar-refractivity contribution is -0.137. The van der Waals surface area contributed by atoms with Crippen LogP contribution >= 0.6 is 0 Å². The fraction of sp³-hybridized carbons (Fsp3) is 0.391. The number of alkyl halides is 3. The van der Waals surface area contributed by atoms with Crippen LogP contribution in [-0.2, 0) is 21.2 Å². The Labute approximate surface area is 178 Å². The first-order valence-electron chi connectivity index (χ1n) is 10.3. The third-order valence-corrected chi connectivity index (χ3v) is 6.02. The van der Waals surface area contributed by atoms with Crippen LogP contribution in [0.3, 0.4) is 0 Å². The second kappa shape index (κ2) is 8.34. The fourth-order valence-corrected chi connectivity index (χ4v) is 4.15. The van der Waals surface area contributed by atoms with E-state index in [1.54, 1.807) is 0 Å². The van der Waals surface area contributed by atoms with Crippen molar-refractivity contribution < 1.29 is 22.8 Å². The van der Waals surface area contributed by atoms with Crippen LogP contribution < -0.4 is 5.32 Å². The maximum Gasteiger partial charge on any atom is 0.418 e. The molecule has 2 fully saturated rings. The first-order chi connectivity index (χ1) is 14.8. The molecule has 0 spiro atoms. The van der Waals surface area contributed by atoms with Crippen LogP contribution in [-0.4, -0.2) is 54.3 Å². The monoisotopic (exact) mass is 431 g/mol. The van der Waals surface area contributed by atoms with Gasteiger partial charge in [-0.15, -0.1) is 0 Å². The molecule has 0 bridgehead atoms. The molecule has 1 saturated heterocycles. The van der Waals surface area contributed by atoms with Crippen molar-refractivity contribution in [1.82, 2.24) is 9.80 Å². The maximum atomic E-state index is 13.1. The number of benzene rings is 2. The largest absolute Gasteiger partial charge is 0.418 e. The predicted octanol–water partition coefficient (Wildman–Crippen LogP) is 3.52. The highest BCUT2D eigenvalue weighted by Crippen LogP contribution is 2.49. The van der Waals surface area contributed by atoms with Crippen LogP contribution in [0.4, 0.5) is 18.9 Å². The summed E-state index contributed by atoms with van der Waals surface area (Å²) in [5, 5.41) is 2.37. The number of nitrogens with zero attached hydrogens (tertiary/aromatic N) is 2. The van der Waals surface area contributed by atoms with Crippen molar-refractivity contribution in [1.29, 1.82) is 0 Å². The molecule has 8 heteroatoms. The number of para-hydroxylation sites is 1. The zero-order chi connectivity index (χ0) is 22.1. The van der Waals surface area contributed by atoms with Crippen molar-refractivity contribution in [2.75, 3.05) is 38.0 Å². The van der Waals surface area contributed by atoms with Crippen LogP contribution in [0.25, 0.3) is 0 Å². The highest BCUT2D eigenvalue weighted by molar-refractivity contribution is 5.93. The van der Waals surface area contributed by atoms with Gasteiger partial charge in [-0.3, -0.25) is 14.5 Å². The Balaban J connectivity index is 1.31.